The predicted molar refractivity (Wildman–Crippen MR) is 95.0 cm³/mol. The molecule has 0 aliphatic carbocycles. The molecule has 1 N–H and O–H groups in total. The lowest BCUT2D eigenvalue weighted by Crippen LogP contribution is -2.41. The molecule has 0 spiro atoms. The van der Waals surface area contributed by atoms with E-state index >= 15 is 0 Å². The summed E-state index contributed by atoms with van der Waals surface area (Å²) >= 11 is 0. The van der Waals surface area contributed by atoms with Crippen molar-refractivity contribution in [3.05, 3.63) is 30.3 Å². The zero-order valence-corrected chi connectivity index (χ0v) is 14.7. The number of likely N-dealkylation sites (tertiary alicyclic amines) is 1. The molecule has 1 fully saturated rings. The van der Waals surface area contributed by atoms with E-state index in [4.69, 9.17) is 4.74 Å². The molecule has 4 nitrogen and oxygen atoms in total. The smallest absolute Gasteiger partial charge is 0.119 e. The molecule has 1 aromatic rings. The van der Waals surface area contributed by atoms with Crippen LogP contribution in [0.4, 0.5) is 0 Å². The third-order valence-corrected chi connectivity index (χ3v) is 4.50. The summed E-state index contributed by atoms with van der Waals surface area (Å²) in [5, 5.41) is 10.7. The summed E-state index contributed by atoms with van der Waals surface area (Å²) in [5.41, 5.74) is -0.505. The highest BCUT2D eigenvalue weighted by Gasteiger charge is 2.30. The van der Waals surface area contributed by atoms with Crippen molar-refractivity contribution in [2.75, 3.05) is 46.9 Å². The van der Waals surface area contributed by atoms with Gasteiger partial charge in [-0.3, -0.25) is 0 Å². The molecule has 2 rings (SSSR count). The van der Waals surface area contributed by atoms with Crippen molar-refractivity contribution >= 4 is 0 Å². The summed E-state index contributed by atoms with van der Waals surface area (Å²) in [6, 6.07) is 10.0. The Morgan fingerprint density at radius 2 is 1.91 bits per heavy atom. The maximum atomic E-state index is 10.7. The molecule has 0 radical (unpaired) electrons. The number of para-hydroxylation sites is 1. The van der Waals surface area contributed by atoms with Crippen LogP contribution in [-0.2, 0) is 0 Å². The Bertz CT molecular complexity index is 438. The number of hydrogen-bond acceptors (Lipinski definition) is 4. The number of unbranched alkanes of at least 4 members (excludes halogenated alkanes) is 1. The fourth-order valence-electron chi connectivity index (χ4n) is 3.35. The number of aliphatic hydroxyl groups is 1. The molecule has 1 heterocycles. The van der Waals surface area contributed by atoms with E-state index in [9.17, 15) is 5.11 Å². The molecule has 1 aliphatic heterocycles. The molecule has 0 aromatic heterocycles. The first kappa shape index (κ1) is 18.2. The van der Waals surface area contributed by atoms with Crippen LogP contribution in [0.5, 0.6) is 5.75 Å². The van der Waals surface area contributed by atoms with E-state index in [2.05, 4.69) is 9.80 Å². The molecule has 4 heteroatoms. The molecule has 1 aromatic carbocycles. The number of rotatable bonds is 8. The normalized spacial score (nSPS) is 23.0. The summed E-state index contributed by atoms with van der Waals surface area (Å²) in [7, 11) is 4.07. The van der Waals surface area contributed by atoms with Gasteiger partial charge in [0.05, 0.1) is 12.2 Å². The molecule has 1 saturated heterocycles. The SMILES string of the molecule is CN(C)CC1(O)CCCN(CCCCOc2ccccc2)CC1. The summed E-state index contributed by atoms with van der Waals surface area (Å²) in [5.74, 6) is 0.955. The number of likely N-dealkylation sites (N-methyl/N-ethyl adjacent to an activating group) is 1. The first-order valence-corrected chi connectivity index (χ1v) is 8.85. The molecule has 1 unspecified atom stereocenters. The first-order chi connectivity index (χ1) is 11.1. The summed E-state index contributed by atoms with van der Waals surface area (Å²) < 4.78 is 5.73. The summed E-state index contributed by atoms with van der Waals surface area (Å²) in [6.45, 7) is 4.77. The van der Waals surface area contributed by atoms with Crippen molar-refractivity contribution in [3.63, 3.8) is 0 Å². The lowest BCUT2D eigenvalue weighted by molar-refractivity contribution is 0.00271. The second-order valence-corrected chi connectivity index (χ2v) is 7.03. The fourth-order valence-corrected chi connectivity index (χ4v) is 3.35. The van der Waals surface area contributed by atoms with Crippen LogP contribution in [0.15, 0.2) is 30.3 Å². The van der Waals surface area contributed by atoms with Crippen LogP contribution >= 0.6 is 0 Å². The topological polar surface area (TPSA) is 35.9 Å². The van der Waals surface area contributed by atoms with Gasteiger partial charge in [0.2, 0.25) is 0 Å². The van der Waals surface area contributed by atoms with Crippen molar-refractivity contribution in [2.45, 2.75) is 37.7 Å². The maximum Gasteiger partial charge on any atom is 0.119 e. The lowest BCUT2D eigenvalue weighted by Gasteiger charge is -2.30. The highest BCUT2D eigenvalue weighted by atomic mass is 16.5. The fraction of sp³-hybridized carbons (Fsp3) is 0.684. The molecule has 23 heavy (non-hydrogen) atoms. The Kier molecular flexibility index (Phi) is 7.34. The van der Waals surface area contributed by atoms with Crippen LogP contribution in [0.25, 0.3) is 0 Å². The van der Waals surface area contributed by atoms with Crippen LogP contribution in [0.1, 0.15) is 32.1 Å². The van der Waals surface area contributed by atoms with Gasteiger partial charge in [-0.25, -0.2) is 0 Å². The van der Waals surface area contributed by atoms with Gasteiger partial charge in [-0.15, -0.1) is 0 Å². The van der Waals surface area contributed by atoms with E-state index in [1.165, 1.54) is 0 Å². The van der Waals surface area contributed by atoms with Gasteiger partial charge in [-0.1, -0.05) is 18.2 Å². The predicted octanol–water partition coefficient (Wildman–Crippen LogP) is 2.62. The van der Waals surface area contributed by atoms with Crippen molar-refractivity contribution in [1.29, 1.82) is 0 Å². The number of ether oxygens (including phenoxy) is 1. The second-order valence-electron chi connectivity index (χ2n) is 7.03. The third-order valence-electron chi connectivity index (χ3n) is 4.50. The average Bonchev–Trinajstić information content (AvgIpc) is 2.69. The average molecular weight is 320 g/mol. The molecule has 0 bridgehead atoms. The second kappa shape index (κ2) is 9.26. The van der Waals surface area contributed by atoms with Gasteiger partial charge >= 0.3 is 0 Å². The molecule has 130 valence electrons. The zero-order valence-electron chi connectivity index (χ0n) is 14.7. The van der Waals surface area contributed by atoms with Gasteiger partial charge in [-0.2, -0.15) is 0 Å². The monoisotopic (exact) mass is 320 g/mol. The molecular weight excluding hydrogens is 288 g/mol. The van der Waals surface area contributed by atoms with Crippen LogP contribution in [0.3, 0.4) is 0 Å². The van der Waals surface area contributed by atoms with Crippen LogP contribution in [-0.4, -0.2) is 67.4 Å². The lowest BCUT2D eigenvalue weighted by atomic mass is 9.94. The van der Waals surface area contributed by atoms with Crippen LogP contribution in [0.2, 0.25) is 0 Å². The molecule has 1 atom stereocenters. The Hall–Kier alpha value is -1.10. The van der Waals surface area contributed by atoms with Gasteiger partial charge < -0.3 is 19.6 Å². The third kappa shape index (κ3) is 6.90. The van der Waals surface area contributed by atoms with E-state index in [0.29, 0.717) is 0 Å². The van der Waals surface area contributed by atoms with E-state index in [0.717, 1.165) is 70.6 Å². The summed E-state index contributed by atoms with van der Waals surface area (Å²) in [4.78, 5) is 4.59. The summed E-state index contributed by atoms with van der Waals surface area (Å²) in [6.07, 6.45) is 5.11. The molecular formula is C19H32N2O2. The van der Waals surface area contributed by atoms with Gasteiger partial charge in [-0.05, 0) is 71.4 Å². The van der Waals surface area contributed by atoms with Crippen LogP contribution < -0.4 is 4.74 Å². The minimum absolute atomic E-state index is 0.505. The standard InChI is InChI=1S/C19H32N2O2/c1-20(2)17-19(22)11-8-14-21(15-12-19)13-6-7-16-23-18-9-4-3-5-10-18/h3-5,9-10,22H,6-8,11-17H2,1-2H3. The van der Waals surface area contributed by atoms with Crippen molar-refractivity contribution in [3.8, 4) is 5.75 Å². The van der Waals surface area contributed by atoms with Crippen LogP contribution in [0, 0.1) is 0 Å². The molecule has 1 aliphatic rings. The number of hydrogen-bond donors (Lipinski definition) is 1. The minimum atomic E-state index is -0.505. The molecule has 0 saturated carbocycles. The van der Waals surface area contributed by atoms with E-state index in [1.54, 1.807) is 0 Å². The van der Waals surface area contributed by atoms with Gasteiger partial charge in [0.25, 0.3) is 0 Å². The number of benzene rings is 1. The quantitative estimate of drug-likeness (QED) is 0.747. The van der Waals surface area contributed by atoms with E-state index in [-0.39, 0.29) is 0 Å². The van der Waals surface area contributed by atoms with E-state index in [1.807, 2.05) is 44.4 Å². The molecule has 0 amide bonds. The van der Waals surface area contributed by atoms with Crippen molar-refractivity contribution < 1.29 is 9.84 Å². The number of nitrogens with zero attached hydrogens (tertiary/aromatic N) is 2. The van der Waals surface area contributed by atoms with E-state index < -0.39 is 5.60 Å². The van der Waals surface area contributed by atoms with Gasteiger partial charge in [0.1, 0.15) is 5.75 Å². The van der Waals surface area contributed by atoms with Crippen molar-refractivity contribution in [1.82, 2.24) is 9.80 Å². The highest BCUT2D eigenvalue weighted by Crippen LogP contribution is 2.23. The Balaban J connectivity index is 1.61. The highest BCUT2D eigenvalue weighted by molar-refractivity contribution is 5.20. The Morgan fingerprint density at radius 3 is 2.65 bits per heavy atom. The van der Waals surface area contributed by atoms with Gasteiger partial charge in [0.15, 0.2) is 0 Å². The maximum absolute atomic E-state index is 10.7. The largest absolute Gasteiger partial charge is 0.494 e. The Labute approximate surface area is 141 Å². The Morgan fingerprint density at radius 1 is 1.13 bits per heavy atom. The van der Waals surface area contributed by atoms with Gasteiger partial charge in [0, 0.05) is 13.1 Å². The minimum Gasteiger partial charge on any atom is -0.494 e. The first-order valence-electron chi connectivity index (χ1n) is 8.85. The zero-order chi connectivity index (χ0) is 16.5. The van der Waals surface area contributed by atoms with Crippen molar-refractivity contribution in [2.24, 2.45) is 0 Å².